The molecule has 0 fully saturated rings. The summed E-state index contributed by atoms with van der Waals surface area (Å²) >= 11 is 1.25. The summed E-state index contributed by atoms with van der Waals surface area (Å²) in [6.45, 7) is 1.68. The SMILES string of the molecule is CC(Oc1ccccc1)C(=O)Nc1nc2c(s1)C(=O)CCC2. The molecule has 1 aromatic heterocycles. The van der Waals surface area contributed by atoms with Crippen molar-refractivity contribution in [3.05, 3.63) is 40.9 Å². The lowest BCUT2D eigenvalue weighted by molar-refractivity contribution is -0.122. The Labute approximate surface area is 132 Å². The maximum atomic E-state index is 12.2. The quantitative estimate of drug-likeness (QED) is 0.941. The number of carbonyl (C=O) groups excluding carboxylic acids is 2. The highest BCUT2D eigenvalue weighted by Crippen LogP contribution is 2.29. The number of Topliss-reactive ketones (excluding diaryl/α,β-unsaturated/α-hetero) is 1. The first kappa shape index (κ1) is 14.7. The summed E-state index contributed by atoms with van der Waals surface area (Å²) in [7, 11) is 0. The molecule has 1 aromatic carbocycles. The van der Waals surface area contributed by atoms with Gasteiger partial charge in [-0.2, -0.15) is 0 Å². The molecule has 6 heteroatoms. The number of thiazole rings is 1. The van der Waals surface area contributed by atoms with E-state index < -0.39 is 6.10 Å². The number of fused-ring (bicyclic) bond motifs is 1. The molecule has 1 amide bonds. The molecule has 3 rings (SSSR count). The summed E-state index contributed by atoms with van der Waals surface area (Å²) in [5.41, 5.74) is 0.799. The Morgan fingerprint density at radius 3 is 2.82 bits per heavy atom. The normalized spacial score (nSPS) is 15.0. The van der Waals surface area contributed by atoms with E-state index in [4.69, 9.17) is 4.74 Å². The molecule has 22 heavy (non-hydrogen) atoms. The van der Waals surface area contributed by atoms with E-state index in [-0.39, 0.29) is 11.7 Å². The first-order valence-electron chi connectivity index (χ1n) is 7.19. The predicted octanol–water partition coefficient (Wildman–Crippen LogP) is 3.07. The summed E-state index contributed by atoms with van der Waals surface area (Å²) in [6.07, 6.45) is 1.55. The topological polar surface area (TPSA) is 68.3 Å². The third-order valence-corrected chi connectivity index (χ3v) is 4.48. The fourth-order valence-electron chi connectivity index (χ4n) is 2.29. The number of nitrogens with zero attached hydrogens (tertiary/aromatic N) is 1. The molecule has 0 saturated heterocycles. The number of para-hydroxylation sites is 1. The molecule has 1 atom stereocenters. The molecular weight excluding hydrogens is 300 g/mol. The molecule has 1 unspecified atom stereocenters. The number of rotatable bonds is 4. The van der Waals surface area contributed by atoms with Crippen LogP contribution >= 0.6 is 11.3 Å². The third kappa shape index (κ3) is 3.17. The maximum absolute atomic E-state index is 12.2. The van der Waals surface area contributed by atoms with Crippen molar-refractivity contribution in [1.82, 2.24) is 4.98 Å². The number of ether oxygens (including phenoxy) is 1. The number of anilines is 1. The van der Waals surface area contributed by atoms with Crippen LogP contribution in [0.1, 0.15) is 35.1 Å². The zero-order valence-corrected chi connectivity index (χ0v) is 13.0. The van der Waals surface area contributed by atoms with Crippen molar-refractivity contribution in [2.75, 3.05) is 5.32 Å². The van der Waals surface area contributed by atoms with Crippen molar-refractivity contribution in [3.63, 3.8) is 0 Å². The molecule has 0 spiro atoms. The summed E-state index contributed by atoms with van der Waals surface area (Å²) in [4.78, 5) is 29.0. The monoisotopic (exact) mass is 316 g/mol. The Balaban J connectivity index is 1.65. The van der Waals surface area contributed by atoms with Gasteiger partial charge in [0.2, 0.25) is 0 Å². The molecule has 0 bridgehead atoms. The van der Waals surface area contributed by atoms with Gasteiger partial charge in [0.1, 0.15) is 5.75 Å². The molecule has 0 radical (unpaired) electrons. The van der Waals surface area contributed by atoms with Crippen LogP contribution in [0.4, 0.5) is 5.13 Å². The Morgan fingerprint density at radius 2 is 2.09 bits per heavy atom. The number of hydrogen-bond acceptors (Lipinski definition) is 5. The first-order chi connectivity index (χ1) is 10.6. The van der Waals surface area contributed by atoms with Gasteiger partial charge in [0.25, 0.3) is 5.91 Å². The van der Waals surface area contributed by atoms with Gasteiger partial charge in [-0.25, -0.2) is 4.98 Å². The Bertz CT molecular complexity index is 697. The lowest BCUT2D eigenvalue weighted by atomic mass is 10.0. The summed E-state index contributed by atoms with van der Waals surface area (Å²) < 4.78 is 5.57. The van der Waals surface area contributed by atoms with Crippen LogP contribution in [0.15, 0.2) is 30.3 Å². The molecule has 0 saturated carbocycles. The minimum atomic E-state index is -0.640. The van der Waals surface area contributed by atoms with Crippen LogP contribution in [-0.4, -0.2) is 22.8 Å². The summed E-state index contributed by atoms with van der Waals surface area (Å²) in [5.74, 6) is 0.481. The van der Waals surface area contributed by atoms with E-state index in [0.29, 0.717) is 22.2 Å². The van der Waals surface area contributed by atoms with Crippen molar-refractivity contribution in [2.45, 2.75) is 32.3 Å². The molecule has 2 aromatic rings. The van der Waals surface area contributed by atoms with Gasteiger partial charge in [0.05, 0.1) is 10.6 Å². The molecule has 1 aliphatic rings. The third-order valence-electron chi connectivity index (χ3n) is 3.42. The van der Waals surface area contributed by atoms with Gasteiger partial charge in [-0.15, -0.1) is 0 Å². The van der Waals surface area contributed by atoms with Gasteiger partial charge in [0.15, 0.2) is 17.0 Å². The highest BCUT2D eigenvalue weighted by molar-refractivity contribution is 7.17. The Hall–Kier alpha value is -2.21. The molecule has 1 aliphatic carbocycles. The fraction of sp³-hybridized carbons (Fsp3) is 0.312. The van der Waals surface area contributed by atoms with E-state index in [1.807, 2.05) is 18.2 Å². The fourth-order valence-corrected chi connectivity index (χ4v) is 3.27. The lowest BCUT2D eigenvalue weighted by Gasteiger charge is -2.13. The second-order valence-electron chi connectivity index (χ2n) is 5.13. The van der Waals surface area contributed by atoms with Gasteiger partial charge < -0.3 is 4.74 Å². The van der Waals surface area contributed by atoms with Gasteiger partial charge in [-0.3, -0.25) is 14.9 Å². The summed E-state index contributed by atoms with van der Waals surface area (Å²) in [5, 5.41) is 3.20. The second-order valence-corrected chi connectivity index (χ2v) is 6.13. The van der Waals surface area contributed by atoms with E-state index in [1.165, 1.54) is 11.3 Å². The Kier molecular flexibility index (Phi) is 4.20. The van der Waals surface area contributed by atoms with Gasteiger partial charge in [-0.05, 0) is 31.9 Å². The van der Waals surface area contributed by atoms with Gasteiger partial charge in [-0.1, -0.05) is 29.5 Å². The average Bonchev–Trinajstić information content (AvgIpc) is 2.92. The molecule has 1 heterocycles. The highest BCUT2D eigenvalue weighted by Gasteiger charge is 2.24. The van der Waals surface area contributed by atoms with E-state index in [0.717, 1.165) is 18.5 Å². The van der Waals surface area contributed by atoms with Crippen molar-refractivity contribution in [3.8, 4) is 5.75 Å². The van der Waals surface area contributed by atoms with Crippen molar-refractivity contribution in [2.24, 2.45) is 0 Å². The Morgan fingerprint density at radius 1 is 1.32 bits per heavy atom. The van der Waals surface area contributed by atoms with E-state index >= 15 is 0 Å². The molecule has 5 nitrogen and oxygen atoms in total. The van der Waals surface area contributed by atoms with Crippen LogP contribution < -0.4 is 10.1 Å². The maximum Gasteiger partial charge on any atom is 0.266 e. The number of benzene rings is 1. The molecule has 114 valence electrons. The second kappa shape index (κ2) is 6.27. The van der Waals surface area contributed by atoms with Crippen LogP contribution in [0.5, 0.6) is 5.75 Å². The molecule has 0 aliphatic heterocycles. The first-order valence-corrected chi connectivity index (χ1v) is 8.00. The van der Waals surface area contributed by atoms with E-state index in [2.05, 4.69) is 10.3 Å². The minimum Gasteiger partial charge on any atom is -0.481 e. The number of hydrogen-bond donors (Lipinski definition) is 1. The van der Waals surface area contributed by atoms with Crippen LogP contribution in [0.3, 0.4) is 0 Å². The van der Waals surface area contributed by atoms with Crippen molar-refractivity contribution < 1.29 is 14.3 Å². The van der Waals surface area contributed by atoms with Gasteiger partial charge in [0, 0.05) is 6.42 Å². The highest BCUT2D eigenvalue weighted by atomic mass is 32.1. The van der Waals surface area contributed by atoms with Crippen molar-refractivity contribution in [1.29, 1.82) is 0 Å². The zero-order chi connectivity index (χ0) is 15.5. The van der Waals surface area contributed by atoms with Gasteiger partial charge >= 0.3 is 0 Å². The smallest absolute Gasteiger partial charge is 0.266 e. The molecule has 1 N–H and O–H groups in total. The number of ketones is 1. The largest absolute Gasteiger partial charge is 0.481 e. The number of aromatic nitrogens is 1. The van der Waals surface area contributed by atoms with Crippen LogP contribution in [0.2, 0.25) is 0 Å². The minimum absolute atomic E-state index is 0.118. The number of carbonyl (C=O) groups is 2. The van der Waals surface area contributed by atoms with Crippen LogP contribution in [0.25, 0.3) is 0 Å². The van der Waals surface area contributed by atoms with Crippen LogP contribution in [0, 0.1) is 0 Å². The number of nitrogens with one attached hydrogen (secondary N) is 1. The van der Waals surface area contributed by atoms with E-state index in [9.17, 15) is 9.59 Å². The number of amides is 1. The number of aryl methyl sites for hydroxylation is 1. The summed E-state index contributed by atoms with van der Waals surface area (Å²) in [6, 6.07) is 9.17. The molecular formula is C16H16N2O3S. The van der Waals surface area contributed by atoms with Crippen LogP contribution in [-0.2, 0) is 11.2 Å². The average molecular weight is 316 g/mol. The lowest BCUT2D eigenvalue weighted by Crippen LogP contribution is -2.30. The standard InChI is InChI=1S/C16H16N2O3S/c1-10(21-11-6-3-2-4-7-11)15(20)18-16-17-12-8-5-9-13(19)14(12)22-16/h2-4,6-7,10H,5,8-9H2,1H3,(H,17,18,20). The zero-order valence-electron chi connectivity index (χ0n) is 12.2. The predicted molar refractivity (Wildman–Crippen MR) is 84.5 cm³/mol. The van der Waals surface area contributed by atoms with E-state index in [1.54, 1.807) is 19.1 Å². The van der Waals surface area contributed by atoms with Crippen molar-refractivity contribution >= 4 is 28.2 Å².